The molecule has 1 fully saturated rings. The van der Waals surface area contributed by atoms with E-state index in [-0.39, 0.29) is 5.75 Å². The van der Waals surface area contributed by atoms with Crippen molar-refractivity contribution in [2.45, 2.75) is 32.7 Å². The van der Waals surface area contributed by atoms with Crippen LogP contribution in [0.3, 0.4) is 0 Å². The lowest BCUT2D eigenvalue weighted by molar-refractivity contribution is -0.0987. The zero-order chi connectivity index (χ0) is 23.4. The Morgan fingerprint density at radius 3 is 2.35 bits per heavy atom. The molecule has 0 radical (unpaired) electrons. The molecule has 168 valence electrons. The van der Waals surface area contributed by atoms with Gasteiger partial charge in [0, 0.05) is 17.7 Å². The van der Waals surface area contributed by atoms with Crippen LogP contribution in [-0.4, -0.2) is 64.4 Å². The Kier molecular flexibility index (Phi) is 11.4. The number of rotatable bonds is 3. The Morgan fingerprint density at radius 2 is 1.74 bits per heavy atom. The largest absolute Gasteiger partial charge is 0.507 e. The molecule has 0 atom stereocenters. The van der Waals surface area contributed by atoms with Crippen LogP contribution in [0.25, 0.3) is 16.9 Å². The molecule has 0 amide bonds. The van der Waals surface area contributed by atoms with Gasteiger partial charge in [-0.05, 0) is 61.0 Å². The summed E-state index contributed by atoms with van der Waals surface area (Å²) >= 11 is 3.52. The molecule has 1 aliphatic heterocycles. The molecule has 0 spiro atoms. The van der Waals surface area contributed by atoms with Crippen molar-refractivity contribution in [1.29, 1.82) is 0 Å². The number of aromatic nitrogens is 3. The second-order valence-corrected chi connectivity index (χ2v) is 7.35. The highest BCUT2D eigenvalue weighted by atomic mass is 79.9. The van der Waals surface area contributed by atoms with Crippen molar-refractivity contribution in [1.82, 2.24) is 19.5 Å². The number of hydrogen-bond acceptors (Lipinski definition) is 7. The molecule has 8 nitrogen and oxygen atoms in total. The van der Waals surface area contributed by atoms with Crippen LogP contribution in [0.4, 0.5) is 5.82 Å². The fourth-order valence-electron chi connectivity index (χ4n) is 3.23. The van der Waals surface area contributed by atoms with E-state index in [9.17, 15) is 5.11 Å². The topological polar surface area (TPSA) is 99.8 Å². The first-order valence-corrected chi connectivity index (χ1v) is 10.8. The van der Waals surface area contributed by atoms with Crippen molar-refractivity contribution in [2.24, 2.45) is 0 Å². The van der Waals surface area contributed by atoms with Crippen LogP contribution in [0, 0.1) is 0 Å². The molecule has 0 bridgehead atoms. The molecular formula is C22H30BrN5O3. The molecule has 2 aromatic heterocycles. The second kappa shape index (κ2) is 13.5. The van der Waals surface area contributed by atoms with Crippen molar-refractivity contribution in [3.63, 3.8) is 0 Å². The van der Waals surface area contributed by atoms with Crippen LogP contribution >= 0.6 is 15.9 Å². The van der Waals surface area contributed by atoms with E-state index in [1.165, 1.54) is 0 Å². The second-order valence-electron chi connectivity index (χ2n) is 6.49. The first-order valence-electron chi connectivity index (χ1n) is 9.97. The number of anilines is 1. The lowest BCUT2D eigenvalue weighted by Crippen LogP contribution is -2.37. The summed E-state index contributed by atoms with van der Waals surface area (Å²) in [6, 6.07) is 9.62. The number of para-hydroxylation sites is 1. The van der Waals surface area contributed by atoms with E-state index in [2.05, 4.69) is 43.3 Å². The molecule has 2 N–H and O–H groups in total. The van der Waals surface area contributed by atoms with Gasteiger partial charge in [-0.15, -0.1) is 0 Å². The minimum atomic E-state index is 0.222. The number of benzene rings is 1. The standard InChI is InChI=1S/C18H20BrN5O.C2H6.2CH2O/c1-23-8-6-12(7-9-23)21-17-10-15(13-4-2-3-5-16(13)25)22-18-14(19)11-20-24(17)18;3*1-2/h2-5,10-12,21,25H,6-9H2,1H3;1-2H3;2*1H2. The van der Waals surface area contributed by atoms with Gasteiger partial charge in [-0.2, -0.15) is 9.61 Å². The number of carbonyl (C=O) groups is 2. The average Bonchev–Trinajstić information content (AvgIpc) is 3.21. The number of likely N-dealkylation sites (tertiary alicyclic amines) is 1. The molecule has 0 aliphatic carbocycles. The van der Waals surface area contributed by atoms with Gasteiger partial charge in [-0.25, -0.2) is 4.98 Å². The third-order valence-corrected chi connectivity index (χ3v) is 5.24. The predicted octanol–water partition coefficient (Wildman–Crippen LogP) is 4.03. The maximum absolute atomic E-state index is 10.2. The van der Waals surface area contributed by atoms with E-state index in [0.717, 1.165) is 47.6 Å². The summed E-state index contributed by atoms with van der Waals surface area (Å²) in [6.45, 7) is 10.2. The quantitative estimate of drug-likeness (QED) is 0.570. The van der Waals surface area contributed by atoms with Crippen molar-refractivity contribution < 1.29 is 14.7 Å². The summed E-state index contributed by atoms with van der Waals surface area (Å²) in [5, 5.41) is 18.2. The first-order chi connectivity index (χ1) is 15.1. The van der Waals surface area contributed by atoms with E-state index in [1.54, 1.807) is 12.3 Å². The number of aromatic hydroxyl groups is 1. The molecule has 3 aromatic rings. The van der Waals surface area contributed by atoms with Gasteiger partial charge in [0.2, 0.25) is 0 Å². The van der Waals surface area contributed by atoms with Gasteiger partial charge < -0.3 is 24.9 Å². The summed E-state index contributed by atoms with van der Waals surface area (Å²) in [7, 11) is 2.15. The van der Waals surface area contributed by atoms with Gasteiger partial charge in [-0.3, -0.25) is 0 Å². The van der Waals surface area contributed by atoms with Crippen molar-refractivity contribution >= 4 is 41.0 Å². The average molecular weight is 492 g/mol. The van der Waals surface area contributed by atoms with Gasteiger partial charge in [-0.1, -0.05) is 26.0 Å². The van der Waals surface area contributed by atoms with E-state index < -0.39 is 0 Å². The molecule has 3 heterocycles. The van der Waals surface area contributed by atoms with Gasteiger partial charge >= 0.3 is 0 Å². The Labute approximate surface area is 191 Å². The fraction of sp³-hybridized carbons (Fsp3) is 0.364. The number of carbonyl (C=O) groups excluding carboxylic acids is 2. The number of phenolic OH excluding ortho intramolecular Hbond substituents is 1. The highest BCUT2D eigenvalue weighted by Gasteiger charge is 2.19. The monoisotopic (exact) mass is 491 g/mol. The Morgan fingerprint density at radius 1 is 1.13 bits per heavy atom. The summed E-state index contributed by atoms with van der Waals surface area (Å²) in [5.74, 6) is 1.11. The lowest BCUT2D eigenvalue weighted by Gasteiger charge is -2.30. The molecule has 4 rings (SSSR count). The summed E-state index contributed by atoms with van der Waals surface area (Å²) < 4.78 is 2.64. The van der Waals surface area contributed by atoms with Gasteiger partial charge in [0.15, 0.2) is 5.65 Å². The predicted molar refractivity (Wildman–Crippen MR) is 128 cm³/mol. The third kappa shape index (κ3) is 6.60. The summed E-state index contributed by atoms with van der Waals surface area (Å²) in [5.41, 5.74) is 2.17. The molecule has 1 saturated heterocycles. The molecule has 9 heteroatoms. The van der Waals surface area contributed by atoms with Crippen LogP contribution in [0.5, 0.6) is 5.75 Å². The lowest BCUT2D eigenvalue weighted by atomic mass is 10.1. The van der Waals surface area contributed by atoms with Crippen LogP contribution < -0.4 is 5.32 Å². The van der Waals surface area contributed by atoms with Gasteiger partial charge in [0.1, 0.15) is 25.1 Å². The number of halogens is 1. The van der Waals surface area contributed by atoms with Crippen molar-refractivity contribution in [3.8, 4) is 17.0 Å². The highest BCUT2D eigenvalue weighted by Crippen LogP contribution is 2.31. The SMILES string of the molecule is C=O.C=O.CC.CN1CCC(Nc2cc(-c3ccccc3O)nc3c(Br)cnn23)CC1. The molecule has 0 unspecified atom stereocenters. The normalized spacial score (nSPS) is 13.7. The number of hydrogen-bond donors (Lipinski definition) is 2. The van der Waals surface area contributed by atoms with Gasteiger partial charge in [0.25, 0.3) is 0 Å². The smallest absolute Gasteiger partial charge is 0.172 e. The van der Waals surface area contributed by atoms with Crippen molar-refractivity contribution in [3.05, 3.63) is 41.0 Å². The highest BCUT2D eigenvalue weighted by molar-refractivity contribution is 9.10. The third-order valence-electron chi connectivity index (χ3n) is 4.68. The summed E-state index contributed by atoms with van der Waals surface area (Å²) in [6.07, 6.45) is 3.93. The zero-order valence-corrected chi connectivity index (χ0v) is 19.8. The first kappa shape index (κ1) is 26.3. The minimum absolute atomic E-state index is 0.222. The van der Waals surface area contributed by atoms with Crippen LogP contribution in [0.1, 0.15) is 26.7 Å². The van der Waals surface area contributed by atoms with Crippen LogP contribution in [-0.2, 0) is 9.59 Å². The maximum Gasteiger partial charge on any atom is 0.172 e. The van der Waals surface area contributed by atoms with Crippen LogP contribution in [0.2, 0.25) is 0 Å². The van der Waals surface area contributed by atoms with Crippen LogP contribution in [0.15, 0.2) is 41.0 Å². The van der Waals surface area contributed by atoms with E-state index in [1.807, 2.05) is 56.2 Å². The maximum atomic E-state index is 10.2. The Bertz CT molecular complexity index is 940. The van der Waals surface area contributed by atoms with Crippen molar-refractivity contribution in [2.75, 3.05) is 25.5 Å². The number of piperidine rings is 1. The number of fused-ring (bicyclic) bond motifs is 1. The van der Waals surface area contributed by atoms with E-state index in [4.69, 9.17) is 9.59 Å². The molecule has 31 heavy (non-hydrogen) atoms. The van der Waals surface area contributed by atoms with E-state index >= 15 is 0 Å². The minimum Gasteiger partial charge on any atom is -0.507 e. The molecule has 1 aliphatic rings. The van der Waals surface area contributed by atoms with Gasteiger partial charge in [0.05, 0.1) is 16.4 Å². The Hall–Kier alpha value is -2.78. The number of nitrogens with zero attached hydrogens (tertiary/aromatic N) is 4. The molecule has 0 saturated carbocycles. The molecular weight excluding hydrogens is 462 g/mol. The zero-order valence-electron chi connectivity index (χ0n) is 18.2. The number of nitrogens with one attached hydrogen (secondary N) is 1. The number of phenols is 1. The fourth-order valence-corrected chi connectivity index (χ4v) is 3.58. The Balaban J connectivity index is 0.000000739. The van der Waals surface area contributed by atoms with E-state index in [0.29, 0.717) is 11.6 Å². The molecule has 1 aromatic carbocycles. The summed E-state index contributed by atoms with van der Waals surface area (Å²) in [4.78, 5) is 23.0.